The minimum Gasteiger partial charge on any atom is -0.134 e. The number of fused-ring (bicyclic) bond motifs is 7. The molecule has 0 bridgehead atoms. The molecule has 6 aromatic rings. The summed E-state index contributed by atoms with van der Waals surface area (Å²) in [5.41, 5.74) is 2.69. The van der Waals surface area contributed by atoms with Gasteiger partial charge in [-0.3, -0.25) is 0 Å². The first-order chi connectivity index (χ1) is 16.3. The van der Waals surface area contributed by atoms with Crippen molar-refractivity contribution in [2.24, 2.45) is 0 Å². The summed E-state index contributed by atoms with van der Waals surface area (Å²) in [6.45, 7) is 0. The third-order valence-electron chi connectivity index (χ3n) is 6.57. The van der Waals surface area contributed by atoms with Gasteiger partial charge in [0, 0.05) is 50.3 Å². The largest absolute Gasteiger partial charge is 0.134 e. The molecule has 158 valence electrons. The van der Waals surface area contributed by atoms with E-state index in [0.717, 1.165) is 5.02 Å². The van der Waals surface area contributed by atoms with Gasteiger partial charge in [0.25, 0.3) is 0 Å². The summed E-state index contributed by atoms with van der Waals surface area (Å²) >= 11 is 8.57. The molecule has 2 heterocycles. The van der Waals surface area contributed by atoms with Crippen molar-refractivity contribution in [3.63, 3.8) is 0 Å². The van der Waals surface area contributed by atoms with Gasteiger partial charge in [0.05, 0.1) is 0 Å². The van der Waals surface area contributed by atoms with Gasteiger partial charge in [-0.15, -0.1) is 21.4 Å². The van der Waals surface area contributed by atoms with E-state index in [1.165, 1.54) is 50.9 Å². The SMILES string of the molecule is Clc1ccc2c(c1)S(c1ccccc1)(c1ccccc1)c1ccc3c(sc4ccccc43)c1-2. The van der Waals surface area contributed by atoms with E-state index in [0.29, 0.717) is 0 Å². The van der Waals surface area contributed by atoms with Gasteiger partial charge in [0.15, 0.2) is 0 Å². The molecule has 0 nitrogen and oxygen atoms in total. The first kappa shape index (κ1) is 19.4. The molecule has 0 atom stereocenters. The van der Waals surface area contributed by atoms with Crippen LogP contribution in [-0.4, -0.2) is 0 Å². The smallest absolute Gasteiger partial charge is 0.0445 e. The molecule has 5 aromatic carbocycles. The Bertz CT molecular complexity index is 1630. The normalized spacial score (nSPS) is 14.8. The number of hydrogen-bond donors (Lipinski definition) is 0. The molecule has 1 aromatic heterocycles. The van der Waals surface area contributed by atoms with Crippen molar-refractivity contribution in [2.45, 2.75) is 19.6 Å². The number of thiophene rings is 1. The van der Waals surface area contributed by atoms with Crippen LogP contribution in [0.1, 0.15) is 0 Å². The number of rotatable bonds is 2. The van der Waals surface area contributed by atoms with E-state index in [9.17, 15) is 0 Å². The highest BCUT2D eigenvalue weighted by atomic mass is 35.5. The summed E-state index contributed by atoms with van der Waals surface area (Å²) < 4.78 is 2.71. The summed E-state index contributed by atoms with van der Waals surface area (Å²) in [5.74, 6) is 0. The Balaban J connectivity index is 1.72. The quantitative estimate of drug-likeness (QED) is 0.232. The highest BCUT2D eigenvalue weighted by molar-refractivity contribution is 8.34. The van der Waals surface area contributed by atoms with Crippen LogP contribution in [0.4, 0.5) is 0 Å². The molecule has 0 N–H and O–H groups in total. The van der Waals surface area contributed by atoms with Gasteiger partial charge in [-0.1, -0.05) is 78.3 Å². The molecule has 0 saturated heterocycles. The van der Waals surface area contributed by atoms with E-state index in [4.69, 9.17) is 11.6 Å². The molecule has 0 unspecified atom stereocenters. The zero-order chi connectivity index (χ0) is 22.0. The maximum atomic E-state index is 6.67. The maximum absolute atomic E-state index is 6.67. The summed E-state index contributed by atoms with van der Waals surface area (Å²) in [5, 5.41) is 3.46. The zero-order valence-electron chi connectivity index (χ0n) is 17.7. The zero-order valence-corrected chi connectivity index (χ0v) is 20.1. The fourth-order valence-electron chi connectivity index (χ4n) is 5.25. The molecule has 1 aliphatic rings. The van der Waals surface area contributed by atoms with Crippen molar-refractivity contribution in [1.29, 1.82) is 0 Å². The Morgan fingerprint density at radius 1 is 0.576 bits per heavy atom. The average molecular weight is 479 g/mol. The van der Waals surface area contributed by atoms with E-state index in [1.807, 2.05) is 17.4 Å². The third-order valence-corrected chi connectivity index (χ3v) is 12.0. The van der Waals surface area contributed by atoms with Gasteiger partial charge < -0.3 is 0 Å². The van der Waals surface area contributed by atoms with Gasteiger partial charge in [-0.25, -0.2) is 0 Å². The second kappa shape index (κ2) is 7.23. The Kier molecular flexibility index (Phi) is 4.26. The molecule has 0 amide bonds. The number of halogens is 1. The van der Waals surface area contributed by atoms with Crippen molar-refractivity contribution in [2.75, 3.05) is 0 Å². The number of hydrogen-bond acceptors (Lipinski definition) is 1. The molecule has 1 aliphatic heterocycles. The van der Waals surface area contributed by atoms with Crippen LogP contribution in [0.2, 0.25) is 5.02 Å². The van der Waals surface area contributed by atoms with E-state index < -0.39 is 10.0 Å². The van der Waals surface area contributed by atoms with E-state index in [-0.39, 0.29) is 0 Å². The second-order valence-corrected chi connectivity index (χ2v) is 12.8. The summed E-state index contributed by atoms with van der Waals surface area (Å²) in [6, 6.07) is 42.0. The van der Waals surface area contributed by atoms with Crippen LogP contribution in [0.25, 0.3) is 31.3 Å². The summed E-state index contributed by atoms with van der Waals surface area (Å²) in [4.78, 5) is 5.45. The lowest BCUT2D eigenvalue weighted by atomic mass is 10.0. The molecular formula is C30H19ClS2. The highest BCUT2D eigenvalue weighted by Crippen LogP contribution is 2.80. The Morgan fingerprint density at radius 2 is 1.24 bits per heavy atom. The van der Waals surface area contributed by atoms with Gasteiger partial charge in [0.2, 0.25) is 0 Å². The Hall–Kier alpha value is -3.04. The van der Waals surface area contributed by atoms with E-state index in [2.05, 4.69) is 109 Å². The third kappa shape index (κ3) is 2.60. The van der Waals surface area contributed by atoms with Crippen LogP contribution in [0.15, 0.2) is 135 Å². The highest BCUT2D eigenvalue weighted by Gasteiger charge is 2.43. The van der Waals surface area contributed by atoms with Crippen LogP contribution >= 0.6 is 33.0 Å². The number of benzene rings is 5. The fourth-order valence-corrected chi connectivity index (χ4v) is 11.1. The van der Waals surface area contributed by atoms with Gasteiger partial charge in [-0.2, -0.15) is 0 Å². The van der Waals surface area contributed by atoms with Gasteiger partial charge in [-0.05, 0) is 54.1 Å². The monoisotopic (exact) mass is 478 g/mol. The van der Waals surface area contributed by atoms with Crippen molar-refractivity contribution in [3.05, 3.63) is 120 Å². The molecule has 0 radical (unpaired) electrons. The van der Waals surface area contributed by atoms with Gasteiger partial charge in [0.1, 0.15) is 0 Å². The topological polar surface area (TPSA) is 0 Å². The predicted molar refractivity (Wildman–Crippen MR) is 143 cm³/mol. The lowest BCUT2D eigenvalue weighted by Gasteiger charge is -2.39. The van der Waals surface area contributed by atoms with E-state index in [1.54, 1.807) is 0 Å². The molecule has 0 saturated carbocycles. The summed E-state index contributed by atoms with van der Waals surface area (Å²) in [6.07, 6.45) is 0. The maximum Gasteiger partial charge on any atom is 0.0445 e. The lowest BCUT2D eigenvalue weighted by Crippen LogP contribution is -2.01. The lowest BCUT2D eigenvalue weighted by molar-refractivity contribution is 1.29. The second-order valence-electron chi connectivity index (χ2n) is 8.29. The van der Waals surface area contributed by atoms with Crippen LogP contribution in [0.3, 0.4) is 0 Å². The van der Waals surface area contributed by atoms with Crippen LogP contribution in [0.5, 0.6) is 0 Å². The van der Waals surface area contributed by atoms with Crippen molar-refractivity contribution in [1.82, 2.24) is 0 Å². The first-order valence-electron chi connectivity index (χ1n) is 11.0. The Morgan fingerprint density at radius 3 is 1.97 bits per heavy atom. The van der Waals surface area contributed by atoms with E-state index >= 15 is 0 Å². The summed E-state index contributed by atoms with van der Waals surface area (Å²) in [7, 11) is -1.67. The standard InChI is InChI=1S/C30H19ClS2/c31-20-15-16-25-28(19-20)33(21-9-3-1-4-10-21,22-11-5-2-6-12-22)27-18-17-24-23-13-7-8-14-26(23)32-30(24)29(25)27/h1-19H. The molecule has 0 spiro atoms. The minimum absolute atomic E-state index is 0.790. The minimum atomic E-state index is -1.67. The van der Waals surface area contributed by atoms with Crippen molar-refractivity contribution >= 4 is 53.1 Å². The predicted octanol–water partition coefficient (Wildman–Crippen LogP) is 10.0. The van der Waals surface area contributed by atoms with Crippen LogP contribution < -0.4 is 0 Å². The Labute approximate surface area is 203 Å². The fraction of sp³-hybridized carbons (Fsp3) is 0. The first-order valence-corrected chi connectivity index (χ1v) is 13.8. The van der Waals surface area contributed by atoms with Crippen molar-refractivity contribution in [3.8, 4) is 11.1 Å². The molecule has 0 fully saturated rings. The molecular weight excluding hydrogens is 460 g/mol. The molecule has 0 aliphatic carbocycles. The molecule has 7 rings (SSSR count). The molecule has 3 heteroatoms. The molecule has 33 heavy (non-hydrogen) atoms. The van der Waals surface area contributed by atoms with Crippen LogP contribution in [0, 0.1) is 0 Å². The van der Waals surface area contributed by atoms with Crippen molar-refractivity contribution < 1.29 is 0 Å². The van der Waals surface area contributed by atoms with Gasteiger partial charge >= 0.3 is 0 Å². The average Bonchev–Trinajstić information content (AvgIpc) is 3.38. The van der Waals surface area contributed by atoms with Crippen LogP contribution in [-0.2, 0) is 0 Å².